The molecular weight excluding hydrogens is 364 g/mol. The van der Waals surface area contributed by atoms with Crippen LogP contribution in [0.4, 0.5) is 0 Å². The van der Waals surface area contributed by atoms with Crippen molar-refractivity contribution < 1.29 is 14.3 Å². The number of hydrogen-bond acceptors (Lipinski definition) is 4. The van der Waals surface area contributed by atoms with Crippen LogP contribution in [0.25, 0.3) is 6.08 Å². The molecule has 1 aliphatic carbocycles. The average molecular weight is 395 g/mol. The second kappa shape index (κ2) is 9.73. The van der Waals surface area contributed by atoms with Gasteiger partial charge in [-0.15, -0.1) is 0 Å². The second-order valence-corrected chi connectivity index (χ2v) is 8.41. The number of likely N-dealkylation sites (tertiary alicyclic amines) is 1. The Balaban J connectivity index is 1.59. The molecule has 0 N–H and O–H groups in total. The highest BCUT2D eigenvalue weighted by atomic mass is 16.5. The van der Waals surface area contributed by atoms with Gasteiger partial charge in [0, 0.05) is 12.6 Å². The number of esters is 1. The molecule has 0 radical (unpaired) electrons. The molecule has 1 aromatic rings. The summed E-state index contributed by atoms with van der Waals surface area (Å²) in [4.78, 5) is 26.9. The summed E-state index contributed by atoms with van der Waals surface area (Å²) in [5, 5.41) is 9.35. The molecule has 1 aliphatic heterocycles. The van der Waals surface area contributed by atoms with E-state index in [9.17, 15) is 14.9 Å². The van der Waals surface area contributed by atoms with Crippen LogP contribution in [0.15, 0.2) is 29.8 Å². The van der Waals surface area contributed by atoms with Crippen molar-refractivity contribution in [3.63, 3.8) is 0 Å². The molecule has 0 spiro atoms. The number of rotatable bonds is 5. The van der Waals surface area contributed by atoms with E-state index in [0.29, 0.717) is 11.8 Å². The number of carbonyl (C=O) groups excluding carboxylic acids is 2. The number of benzene rings is 1. The highest BCUT2D eigenvalue weighted by molar-refractivity contribution is 5.98. The van der Waals surface area contributed by atoms with Crippen molar-refractivity contribution in [1.29, 1.82) is 5.26 Å². The molecule has 1 aromatic carbocycles. The lowest BCUT2D eigenvalue weighted by molar-refractivity contribution is -0.152. The van der Waals surface area contributed by atoms with E-state index in [1.54, 1.807) is 0 Å². The zero-order valence-electron chi connectivity index (χ0n) is 17.4. The Bertz CT molecular complexity index is 802. The molecule has 1 amide bonds. The molecule has 2 atom stereocenters. The molecule has 1 saturated carbocycles. The summed E-state index contributed by atoms with van der Waals surface area (Å²) in [6.07, 6.45) is 8.33. The van der Waals surface area contributed by atoms with Gasteiger partial charge in [-0.05, 0) is 54.7 Å². The monoisotopic (exact) mass is 394 g/mol. The van der Waals surface area contributed by atoms with E-state index in [0.717, 1.165) is 31.4 Å². The number of fused-ring (bicyclic) bond motifs is 1. The predicted molar refractivity (Wildman–Crippen MR) is 112 cm³/mol. The van der Waals surface area contributed by atoms with Gasteiger partial charge in [-0.1, -0.05) is 51.0 Å². The first kappa shape index (κ1) is 21.1. The minimum atomic E-state index is -0.744. The van der Waals surface area contributed by atoms with Crippen molar-refractivity contribution in [3.05, 3.63) is 41.0 Å². The first-order chi connectivity index (χ1) is 14.0. The highest BCUT2D eigenvalue weighted by Crippen LogP contribution is 2.35. The molecule has 5 heteroatoms. The minimum Gasteiger partial charge on any atom is -0.451 e. The first-order valence-electron chi connectivity index (χ1n) is 10.7. The molecule has 2 fully saturated rings. The van der Waals surface area contributed by atoms with E-state index < -0.39 is 5.97 Å². The van der Waals surface area contributed by atoms with Crippen molar-refractivity contribution in [2.24, 2.45) is 5.92 Å². The molecule has 0 aromatic heterocycles. The van der Waals surface area contributed by atoms with Gasteiger partial charge in [0.15, 0.2) is 6.61 Å². The van der Waals surface area contributed by atoms with Gasteiger partial charge >= 0.3 is 5.97 Å². The van der Waals surface area contributed by atoms with Crippen molar-refractivity contribution in [1.82, 2.24) is 4.90 Å². The molecular formula is C24H30N2O3. The second-order valence-electron chi connectivity index (χ2n) is 8.41. The summed E-state index contributed by atoms with van der Waals surface area (Å²) < 4.78 is 5.20. The number of hydrogen-bond donors (Lipinski definition) is 0. The summed E-state index contributed by atoms with van der Waals surface area (Å²) >= 11 is 0. The Morgan fingerprint density at radius 1 is 1.17 bits per heavy atom. The van der Waals surface area contributed by atoms with Crippen LogP contribution >= 0.6 is 0 Å². The third kappa shape index (κ3) is 5.26. The van der Waals surface area contributed by atoms with Gasteiger partial charge in [-0.2, -0.15) is 5.26 Å². The van der Waals surface area contributed by atoms with Crippen LogP contribution in [0, 0.1) is 17.2 Å². The molecule has 29 heavy (non-hydrogen) atoms. The fourth-order valence-electron chi connectivity index (χ4n) is 4.50. The van der Waals surface area contributed by atoms with Crippen LogP contribution in [0.5, 0.6) is 0 Å². The fraction of sp³-hybridized carbons (Fsp3) is 0.542. The Morgan fingerprint density at radius 3 is 2.55 bits per heavy atom. The molecule has 1 heterocycles. The zero-order valence-corrected chi connectivity index (χ0v) is 17.4. The van der Waals surface area contributed by atoms with Crippen LogP contribution in [0.1, 0.15) is 69.4 Å². The normalized spacial score (nSPS) is 22.0. The van der Waals surface area contributed by atoms with Gasteiger partial charge < -0.3 is 9.64 Å². The summed E-state index contributed by atoms with van der Waals surface area (Å²) in [7, 11) is 0. The standard InChI is InChI=1S/C24H30N2O3/c1-17(2)19-11-9-18(10-12-19)14-21(15-25)24(28)29-16-23(27)26-13-5-7-20-6-3-4-8-22(20)26/h9-12,14,17,20,22H,3-8,13,16H2,1-2H3/b21-14+/t20-,22-/m0/s1. The molecule has 5 nitrogen and oxygen atoms in total. The minimum absolute atomic E-state index is 0.0933. The molecule has 1 saturated heterocycles. The molecule has 3 rings (SSSR count). The predicted octanol–water partition coefficient (Wildman–Crippen LogP) is 4.44. The van der Waals surface area contributed by atoms with Crippen LogP contribution in [-0.4, -0.2) is 36.0 Å². The van der Waals surface area contributed by atoms with Gasteiger partial charge in [0.25, 0.3) is 5.91 Å². The van der Waals surface area contributed by atoms with Crippen LogP contribution in [0.2, 0.25) is 0 Å². The number of nitrogens with zero attached hydrogens (tertiary/aromatic N) is 2. The fourth-order valence-corrected chi connectivity index (χ4v) is 4.50. The van der Waals surface area contributed by atoms with Gasteiger partial charge in [-0.3, -0.25) is 4.79 Å². The smallest absolute Gasteiger partial charge is 0.349 e. The molecule has 2 aliphatic rings. The number of nitriles is 1. The van der Waals surface area contributed by atoms with Crippen molar-refractivity contribution in [2.45, 2.75) is 64.3 Å². The lowest BCUT2D eigenvalue weighted by atomic mass is 9.78. The maximum absolute atomic E-state index is 12.7. The molecule has 0 unspecified atom stereocenters. The third-order valence-corrected chi connectivity index (χ3v) is 6.14. The van der Waals surface area contributed by atoms with Gasteiger partial charge in [0.05, 0.1) is 0 Å². The first-order valence-corrected chi connectivity index (χ1v) is 10.7. The zero-order chi connectivity index (χ0) is 20.8. The van der Waals surface area contributed by atoms with Crippen molar-refractivity contribution in [3.8, 4) is 6.07 Å². The van der Waals surface area contributed by atoms with Crippen LogP contribution in [-0.2, 0) is 14.3 Å². The number of ether oxygens (including phenoxy) is 1. The average Bonchev–Trinajstić information content (AvgIpc) is 2.75. The highest BCUT2D eigenvalue weighted by Gasteiger charge is 2.35. The number of amides is 1. The van der Waals surface area contributed by atoms with Crippen LogP contribution in [0.3, 0.4) is 0 Å². The number of carbonyl (C=O) groups is 2. The number of piperidine rings is 1. The van der Waals surface area contributed by atoms with Gasteiger partial charge in [0.1, 0.15) is 11.6 Å². The van der Waals surface area contributed by atoms with E-state index in [4.69, 9.17) is 4.74 Å². The maximum atomic E-state index is 12.7. The van der Waals surface area contributed by atoms with E-state index >= 15 is 0 Å². The summed E-state index contributed by atoms with van der Waals surface area (Å²) in [5.74, 6) is 0.109. The van der Waals surface area contributed by atoms with Crippen LogP contribution < -0.4 is 0 Å². The van der Waals surface area contributed by atoms with Gasteiger partial charge in [-0.25, -0.2) is 4.79 Å². The lowest BCUT2D eigenvalue weighted by Gasteiger charge is -2.44. The lowest BCUT2D eigenvalue weighted by Crippen LogP contribution is -2.50. The van der Waals surface area contributed by atoms with E-state index in [-0.39, 0.29) is 24.1 Å². The third-order valence-electron chi connectivity index (χ3n) is 6.14. The quantitative estimate of drug-likeness (QED) is 0.420. The van der Waals surface area contributed by atoms with Gasteiger partial charge in [0.2, 0.25) is 0 Å². The van der Waals surface area contributed by atoms with E-state index in [1.807, 2.05) is 35.2 Å². The van der Waals surface area contributed by atoms with Crippen molar-refractivity contribution >= 4 is 18.0 Å². The molecule has 0 bridgehead atoms. The van der Waals surface area contributed by atoms with Crippen molar-refractivity contribution in [2.75, 3.05) is 13.2 Å². The van der Waals surface area contributed by atoms with E-state index in [1.165, 1.54) is 30.9 Å². The maximum Gasteiger partial charge on any atom is 0.349 e. The summed E-state index contributed by atoms with van der Waals surface area (Å²) in [6.45, 7) is 4.66. The Labute approximate surface area is 173 Å². The largest absolute Gasteiger partial charge is 0.451 e. The SMILES string of the molecule is CC(C)c1ccc(/C=C(\C#N)C(=O)OCC(=O)N2CCC[C@@H]3CCCC[C@@H]32)cc1. The topological polar surface area (TPSA) is 70.4 Å². The van der Waals surface area contributed by atoms with E-state index in [2.05, 4.69) is 13.8 Å². The Kier molecular flexibility index (Phi) is 7.09. The molecule has 154 valence electrons. The Hall–Kier alpha value is -2.61. The summed E-state index contributed by atoms with van der Waals surface area (Å²) in [5.41, 5.74) is 1.86. The summed E-state index contributed by atoms with van der Waals surface area (Å²) in [6, 6.07) is 9.91. The Morgan fingerprint density at radius 2 is 1.86 bits per heavy atom.